The topological polar surface area (TPSA) is 59.7 Å². The van der Waals surface area contributed by atoms with Crippen LogP contribution >= 0.6 is 0 Å². The molecular formula is C11H13N3O2. The molecule has 1 atom stereocenters. The molecule has 0 aromatic carbocycles. The molecule has 0 radical (unpaired) electrons. The normalized spacial score (nSPS) is 21.4. The minimum Gasteiger partial charge on any atom is -0.504 e. The van der Waals surface area contributed by atoms with E-state index in [0.717, 1.165) is 25.3 Å². The average Bonchev–Trinajstić information content (AvgIpc) is 2.75. The van der Waals surface area contributed by atoms with Crippen LogP contribution in [-0.4, -0.2) is 32.9 Å². The minimum atomic E-state index is 0.165. The monoisotopic (exact) mass is 219 g/mol. The summed E-state index contributed by atoms with van der Waals surface area (Å²) < 4.78 is 7.28. The van der Waals surface area contributed by atoms with Crippen molar-refractivity contribution in [1.29, 1.82) is 0 Å². The van der Waals surface area contributed by atoms with Crippen LogP contribution in [0, 0.1) is 0 Å². The molecule has 1 N–H and O–H groups in total. The van der Waals surface area contributed by atoms with Gasteiger partial charge in [-0.2, -0.15) is 0 Å². The van der Waals surface area contributed by atoms with Gasteiger partial charge in [0.2, 0.25) is 5.65 Å². The molecule has 3 heterocycles. The Morgan fingerprint density at radius 3 is 3.19 bits per heavy atom. The Labute approximate surface area is 92.7 Å². The molecule has 0 bridgehead atoms. The largest absolute Gasteiger partial charge is 0.504 e. The summed E-state index contributed by atoms with van der Waals surface area (Å²) in [5, 5.41) is 17.8. The third-order valence-corrected chi connectivity index (χ3v) is 2.97. The zero-order valence-electron chi connectivity index (χ0n) is 8.83. The van der Waals surface area contributed by atoms with Crippen LogP contribution in [0.15, 0.2) is 18.3 Å². The lowest BCUT2D eigenvalue weighted by atomic mass is 10.0. The lowest BCUT2D eigenvalue weighted by Gasteiger charge is -2.20. The maximum absolute atomic E-state index is 9.63. The Balaban J connectivity index is 2.06. The van der Waals surface area contributed by atoms with Crippen molar-refractivity contribution in [2.45, 2.75) is 18.8 Å². The van der Waals surface area contributed by atoms with Crippen molar-refractivity contribution in [3.05, 3.63) is 24.2 Å². The van der Waals surface area contributed by atoms with Crippen LogP contribution in [0.5, 0.6) is 5.75 Å². The highest BCUT2D eigenvalue weighted by Gasteiger charge is 2.21. The van der Waals surface area contributed by atoms with Crippen LogP contribution < -0.4 is 0 Å². The minimum absolute atomic E-state index is 0.165. The first kappa shape index (κ1) is 9.59. The smallest absolute Gasteiger partial charge is 0.203 e. The maximum atomic E-state index is 9.63. The predicted molar refractivity (Wildman–Crippen MR) is 57.4 cm³/mol. The van der Waals surface area contributed by atoms with Crippen molar-refractivity contribution in [1.82, 2.24) is 14.6 Å². The second-order valence-electron chi connectivity index (χ2n) is 4.06. The van der Waals surface area contributed by atoms with Crippen LogP contribution in [0.3, 0.4) is 0 Å². The summed E-state index contributed by atoms with van der Waals surface area (Å²) in [7, 11) is 0. The molecule has 0 spiro atoms. The van der Waals surface area contributed by atoms with Gasteiger partial charge in [0, 0.05) is 18.7 Å². The molecule has 5 heteroatoms. The van der Waals surface area contributed by atoms with Gasteiger partial charge < -0.3 is 9.84 Å². The van der Waals surface area contributed by atoms with Gasteiger partial charge in [-0.1, -0.05) is 0 Å². The fraction of sp³-hybridized carbons (Fsp3) is 0.455. The van der Waals surface area contributed by atoms with Crippen LogP contribution in [0.25, 0.3) is 5.65 Å². The van der Waals surface area contributed by atoms with Gasteiger partial charge >= 0.3 is 0 Å². The summed E-state index contributed by atoms with van der Waals surface area (Å²) in [6, 6.07) is 3.41. The molecule has 84 valence electrons. The molecule has 0 saturated carbocycles. The lowest BCUT2D eigenvalue weighted by Crippen LogP contribution is -2.17. The maximum Gasteiger partial charge on any atom is 0.203 e. The Morgan fingerprint density at radius 1 is 1.44 bits per heavy atom. The Morgan fingerprint density at radius 2 is 2.38 bits per heavy atom. The molecule has 1 aliphatic rings. The van der Waals surface area contributed by atoms with Gasteiger partial charge in [0.05, 0.1) is 6.61 Å². The summed E-state index contributed by atoms with van der Waals surface area (Å²) in [6.45, 7) is 1.52. The van der Waals surface area contributed by atoms with Gasteiger partial charge in [-0.05, 0) is 25.0 Å². The van der Waals surface area contributed by atoms with Crippen molar-refractivity contribution < 1.29 is 9.84 Å². The SMILES string of the molecule is Oc1cccn2c(C3CCCOC3)nnc12. The molecule has 1 unspecified atom stereocenters. The van der Waals surface area contributed by atoms with Crippen molar-refractivity contribution >= 4 is 5.65 Å². The molecule has 0 amide bonds. The molecular weight excluding hydrogens is 206 g/mol. The van der Waals surface area contributed by atoms with Gasteiger partial charge in [-0.25, -0.2) is 0 Å². The van der Waals surface area contributed by atoms with E-state index in [9.17, 15) is 5.11 Å². The molecule has 5 nitrogen and oxygen atoms in total. The summed E-state index contributed by atoms with van der Waals surface area (Å²) in [4.78, 5) is 0. The molecule has 1 aliphatic heterocycles. The van der Waals surface area contributed by atoms with Crippen molar-refractivity contribution in [3.8, 4) is 5.75 Å². The van der Waals surface area contributed by atoms with E-state index < -0.39 is 0 Å². The molecule has 16 heavy (non-hydrogen) atoms. The first-order valence-electron chi connectivity index (χ1n) is 5.46. The number of nitrogens with zero attached hydrogens (tertiary/aromatic N) is 3. The van der Waals surface area contributed by atoms with E-state index in [2.05, 4.69) is 10.2 Å². The Bertz CT molecular complexity index is 503. The molecule has 3 rings (SSSR count). The fourth-order valence-electron chi connectivity index (χ4n) is 2.14. The second kappa shape index (κ2) is 3.75. The van der Waals surface area contributed by atoms with Crippen LogP contribution in [0.2, 0.25) is 0 Å². The van der Waals surface area contributed by atoms with Crippen LogP contribution in [0.4, 0.5) is 0 Å². The fourth-order valence-corrected chi connectivity index (χ4v) is 2.14. The van der Waals surface area contributed by atoms with Gasteiger partial charge in [-0.3, -0.25) is 4.40 Å². The van der Waals surface area contributed by atoms with Gasteiger partial charge in [0.25, 0.3) is 0 Å². The van der Waals surface area contributed by atoms with Crippen molar-refractivity contribution in [2.75, 3.05) is 13.2 Å². The van der Waals surface area contributed by atoms with Crippen molar-refractivity contribution in [2.24, 2.45) is 0 Å². The zero-order chi connectivity index (χ0) is 11.0. The summed E-state index contributed by atoms with van der Waals surface area (Å²) in [6.07, 6.45) is 3.99. The third-order valence-electron chi connectivity index (χ3n) is 2.97. The van der Waals surface area contributed by atoms with Gasteiger partial charge in [0.15, 0.2) is 5.75 Å². The quantitative estimate of drug-likeness (QED) is 0.786. The highest BCUT2D eigenvalue weighted by atomic mass is 16.5. The number of aromatic hydroxyl groups is 1. The van der Waals surface area contributed by atoms with E-state index >= 15 is 0 Å². The predicted octanol–water partition coefficient (Wildman–Crippen LogP) is 1.33. The van der Waals surface area contributed by atoms with Crippen LogP contribution in [-0.2, 0) is 4.74 Å². The van der Waals surface area contributed by atoms with Crippen LogP contribution in [0.1, 0.15) is 24.6 Å². The van der Waals surface area contributed by atoms with E-state index in [-0.39, 0.29) is 11.7 Å². The molecule has 0 aliphatic carbocycles. The zero-order valence-corrected chi connectivity index (χ0v) is 8.83. The van der Waals surface area contributed by atoms with Gasteiger partial charge in [0.1, 0.15) is 5.82 Å². The summed E-state index contributed by atoms with van der Waals surface area (Å²) in [5.41, 5.74) is 0.517. The molecule has 1 fully saturated rings. The first-order valence-corrected chi connectivity index (χ1v) is 5.46. The molecule has 1 saturated heterocycles. The van der Waals surface area contributed by atoms with Gasteiger partial charge in [-0.15, -0.1) is 10.2 Å². The van der Waals surface area contributed by atoms with E-state index in [0.29, 0.717) is 12.3 Å². The Hall–Kier alpha value is -1.62. The number of hydrogen-bond acceptors (Lipinski definition) is 4. The third kappa shape index (κ3) is 1.44. The standard InChI is InChI=1S/C11H13N3O2/c15-9-4-1-5-14-10(12-13-11(9)14)8-3-2-6-16-7-8/h1,4-5,8,15H,2-3,6-7H2. The number of ether oxygens (including phenoxy) is 1. The lowest BCUT2D eigenvalue weighted by molar-refractivity contribution is 0.0777. The number of hydrogen-bond donors (Lipinski definition) is 1. The highest BCUT2D eigenvalue weighted by Crippen LogP contribution is 2.26. The summed E-state index contributed by atoms with van der Waals surface area (Å²) in [5.74, 6) is 1.33. The summed E-state index contributed by atoms with van der Waals surface area (Å²) >= 11 is 0. The Kier molecular flexibility index (Phi) is 2.25. The van der Waals surface area contributed by atoms with E-state index in [1.807, 2.05) is 10.6 Å². The molecule has 2 aromatic heterocycles. The molecule has 2 aromatic rings. The second-order valence-corrected chi connectivity index (χ2v) is 4.06. The van der Waals surface area contributed by atoms with E-state index in [1.54, 1.807) is 12.1 Å². The van der Waals surface area contributed by atoms with E-state index in [4.69, 9.17) is 4.74 Å². The number of pyridine rings is 1. The van der Waals surface area contributed by atoms with E-state index in [1.165, 1.54) is 0 Å². The average molecular weight is 219 g/mol. The number of aromatic nitrogens is 3. The van der Waals surface area contributed by atoms with Crippen molar-refractivity contribution in [3.63, 3.8) is 0 Å². The first-order chi connectivity index (χ1) is 7.86. The number of rotatable bonds is 1. The highest BCUT2D eigenvalue weighted by molar-refractivity contribution is 5.52. The number of fused-ring (bicyclic) bond motifs is 1.